The van der Waals surface area contributed by atoms with Crippen LogP contribution in [0.25, 0.3) is 0 Å². The van der Waals surface area contributed by atoms with Crippen molar-refractivity contribution in [1.29, 1.82) is 0 Å². The van der Waals surface area contributed by atoms with Crippen LogP contribution in [0, 0.1) is 0 Å². The Bertz CT molecular complexity index is 371. The van der Waals surface area contributed by atoms with Crippen molar-refractivity contribution in [3.05, 3.63) is 12.2 Å². The molecule has 0 aromatic heterocycles. The highest BCUT2D eigenvalue weighted by Gasteiger charge is 2.17. The zero-order chi connectivity index (χ0) is 20.9. The molecule has 3 N–H and O–H groups in total. The number of rotatable bonds is 20. The number of allylic oxidation sites excluding steroid dienone is 1. The van der Waals surface area contributed by atoms with E-state index in [9.17, 15) is 15.0 Å². The first kappa shape index (κ1) is 27.1. The van der Waals surface area contributed by atoms with Gasteiger partial charge in [-0.25, -0.2) is 0 Å². The van der Waals surface area contributed by atoms with Crippen LogP contribution in [0.1, 0.15) is 117 Å². The summed E-state index contributed by atoms with van der Waals surface area (Å²) in [5.41, 5.74) is 0. The van der Waals surface area contributed by atoms with Crippen LogP contribution in [0.3, 0.4) is 0 Å². The molecule has 0 radical (unpaired) electrons. The normalized spacial score (nSPS) is 13.7. The van der Waals surface area contributed by atoms with Crippen LogP contribution in [0.15, 0.2) is 12.2 Å². The molecule has 0 aliphatic rings. The molecule has 0 spiro atoms. The van der Waals surface area contributed by atoms with Gasteiger partial charge in [0, 0.05) is 6.42 Å². The maximum Gasteiger partial charge on any atom is 0.220 e. The Morgan fingerprint density at radius 2 is 1.32 bits per heavy atom. The monoisotopic (exact) mass is 397 g/mol. The van der Waals surface area contributed by atoms with Gasteiger partial charge < -0.3 is 15.5 Å². The van der Waals surface area contributed by atoms with E-state index in [0.717, 1.165) is 32.1 Å². The molecule has 0 saturated carbocycles. The predicted octanol–water partition coefficient (Wildman–Crippen LogP) is 5.66. The molecule has 0 heterocycles. The maximum absolute atomic E-state index is 12.0. The Morgan fingerprint density at radius 1 is 0.821 bits per heavy atom. The smallest absolute Gasteiger partial charge is 0.220 e. The number of carbonyl (C=O) groups excluding carboxylic acids is 1. The van der Waals surface area contributed by atoms with Crippen molar-refractivity contribution in [1.82, 2.24) is 5.32 Å². The summed E-state index contributed by atoms with van der Waals surface area (Å²) < 4.78 is 0. The van der Waals surface area contributed by atoms with E-state index in [0.29, 0.717) is 6.42 Å². The first-order valence-electron chi connectivity index (χ1n) is 11.9. The number of unbranched alkanes of at least 4 members (excludes halogenated alkanes) is 13. The van der Waals surface area contributed by atoms with E-state index in [1.54, 1.807) is 6.08 Å². The Morgan fingerprint density at radius 3 is 1.86 bits per heavy atom. The third-order valence-electron chi connectivity index (χ3n) is 5.27. The summed E-state index contributed by atoms with van der Waals surface area (Å²) in [7, 11) is 0. The van der Waals surface area contributed by atoms with Crippen molar-refractivity contribution in [2.24, 2.45) is 0 Å². The largest absolute Gasteiger partial charge is 0.394 e. The molecule has 0 aliphatic heterocycles. The highest BCUT2D eigenvalue weighted by atomic mass is 16.3. The second-order valence-corrected chi connectivity index (χ2v) is 8.06. The molecule has 28 heavy (non-hydrogen) atoms. The molecule has 2 unspecified atom stereocenters. The lowest BCUT2D eigenvalue weighted by Crippen LogP contribution is -2.45. The van der Waals surface area contributed by atoms with Gasteiger partial charge in [0.15, 0.2) is 0 Å². The molecule has 166 valence electrons. The van der Waals surface area contributed by atoms with Gasteiger partial charge in [0.05, 0.1) is 18.8 Å². The van der Waals surface area contributed by atoms with E-state index < -0.39 is 12.1 Å². The Kier molecular flexibility index (Phi) is 20.2. The Balaban J connectivity index is 3.76. The van der Waals surface area contributed by atoms with Crippen molar-refractivity contribution in [3.63, 3.8) is 0 Å². The quantitative estimate of drug-likeness (QED) is 0.183. The fourth-order valence-electron chi connectivity index (χ4n) is 3.35. The number of hydrogen-bond acceptors (Lipinski definition) is 3. The van der Waals surface area contributed by atoms with Crippen LogP contribution in [0.5, 0.6) is 0 Å². The van der Waals surface area contributed by atoms with E-state index in [2.05, 4.69) is 19.2 Å². The van der Waals surface area contributed by atoms with Gasteiger partial charge in [-0.2, -0.15) is 0 Å². The lowest BCUT2D eigenvalue weighted by molar-refractivity contribution is -0.123. The molecule has 0 saturated heterocycles. The van der Waals surface area contributed by atoms with Gasteiger partial charge >= 0.3 is 0 Å². The third kappa shape index (κ3) is 17.2. The van der Waals surface area contributed by atoms with Gasteiger partial charge in [0.25, 0.3) is 0 Å². The van der Waals surface area contributed by atoms with Crippen molar-refractivity contribution in [2.75, 3.05) is 6.61 Å². The average Bonchev–Trinajstić information content (AvgIpc) is 2.69. The maximum atomic E-state index is 12.0. The summed E-state index contributed by atoms with van der Waals surface area (Å²) in [6.45, 7) is 4.17. The van der Waals surface area contributed by atoms with Gasteiger partial charge in [0.2, 0.25) is 5.91 Å². The minimum absolute atomic E-state index is 0.0815. The van der Waals surface area contributed by atoms with Gasteiger partial charge in [-0.05, 0) is 19.3 Å². The number of aliphatic hydroxyl groups is 2. The third-order valence-corrected chi connectivity index (χ3v) is 5.27. The number of aliphatic hydroxyl groups excluding tert-OH is 2. The molecule has 4 nitrogen and oxygen atoms in total. The van der Waals surface area contributed by atoms with Crippen molar-refractivity contribution in [2.45, 2.75) is 129 Å². The highest BCUT2D eigenvalue weighted by molar-refractivity contribution is 5.76. The highest BCUT2D eigenvalue weighted by Crippen LogP contribution is 2.11. The summed E-state index contributed by atoms with van der Waals surface area (Å²) in [5, 5.41) is 22.4. The van der Waals surface area contributed by atoms with Crippen molar-refractivity contribution >= 4 is 5.91 Å². The van der Waals surface area contributed by atoms with Gasteiger partial charge in [-0.3, -0.25) is 4.79 Å². The van der Waals surface area contributed by atoms with Crippen LogP contribution in [0.2, 0.25) is 0 Å². The van der Waals surface area contributed by atoms with Gasteiger partial charge in [-0.15, -0.1) is 0 Å². The molecule has 2 atom stereocenters. The van der Waals surface area contributed by atoms with Crippen LogP contribution in [-0.2, 0) is 4.79 Å². The molecule has 4 heteroatoms. The fourth-order valence-corrected chi connectivity index (χ4v) is 3.35. The lowest BCUT2D eigenvalue weighted by Gasteiger charge is -2.20. The standard InChI is InChI=1S/C24H47NO3/c1-3-5-7-9-10-11-12-13-14-16-17-19-23(27)22(21-26)25-24(28)20-18-15-8-6-4-2/h17,19,22-23,26-27H,3-16,18,20-21H2,1-2H3,(H,25,28)/b19-17+. The van der Waals surface area contributed by atoms with E-state index in [-0.39, 0.29) is 12.5 Å². The van der Waals surface area contributed by atoms with Crippen molar-refractivity contribution < 1.29 is 15.0 Å². The molecular formula is C24H47NO3. The molecule has 0 fully saturated rings. The SMILES string of the molecule is CCCCCCCCCCC/C=C/C(O)C(CO)NC(=O)CCCCCCC. The summed E-state index contributed by atoms with van der Waals surface area (Å²) in [4.78, 5) is 12.0. The minimum Gasteiger partial charge on any atom is -0.394 e. The van der Waals surface area contributed by atoms with Crippen LogP contribution in [0.4, 0.5) is 0 Å². The molecule has 0 aliphatic carbocycles. The second-order valence-electron chi connectivity index (χ2n) is 8.06. The second kappa shape index (κ2) is 20.9. The first-order valence-corrected chi connectivity index (χ1v) is 11.9. The van der Waals surface area contributed by atoms with Crippen LogP contribution < -0.4 is 5.32 Å². The number of nitrogens with one attached hydrogen (secondary N) is 1. The van der Waals surface area contributed by atoms with Crippen LogP contribution >= 0.6 is 0 Å². The van der Waals surface area contributed by atoms with E-state index >= 15 is 0 Å². The lowest BCUT2D eigenvalue weighted by atomic mass is 10.1. The zero-order valence-electron chi connectivity index (χ0n) is 18.6. The average molecular weight is 398 g/mol. The number of hydrogen-bond donors (Lipinski definition) is 3. The molecule has 0 rings (SSSR count). The van der Waals surface area contributed by atoms with Gasteiger partial charge in [0.1, 0.15) is 0 Å². The molecular weight excluding hydrogens is 350 g/mol. The molecule has 0 aromatic rings. The zero-order valence-corrected chi connectivity index (χ0v) is 18.6. The number of carbonyl (C=O) groups is 1. The molecule has 1 amide bonds. The van der Waals surface area contributed by atoms with Gasteiger partial charge in [-0.1, -0.05) is 103 Å². The van der Waals surface area contributed by atoms with E-state index in [1.807, 2.05) is 6.08 Å². The summed E-state index contributed by atoms with van der Waals surface area (Å²) >= 11 is 0. The molecule has 0 bridgehead atoms. The van der Waals surface area contributed by atoms with Crippen molar-refractivity contribution in [3.8, 4) is 0 Å². The summed E-state index contributed by atoms with van der Waals surface area (Å²) in [5.74, 6) is -0.0815. The minimum atomic E-state index is -0.826. The number of amides is 1. The Hall–Kier alpha value is -0.870. The Labute approximate surface area is 174 Å². The predicted molar refractivity (Wildman–Crippen MR) is 119 cm³/mol. The fraction of sp³-hybridized carbons (Fsp3) is 0.875. The first-order chi connectivity index (χ1) is 13.7. The summed E-state index contributed by atoms with van der Waals surface area (Å²) in [6.07, 6.45) is 21.5. The van der Waals surface area contributed by atoms with E-state index in [4.69, 9.17) is 0 Å². The summed E-state index contributed by atoms with van der Waals surface area (Å²) in [6, 6.07) is -0.609. The molecule has 0 aromatic carbocycles. The topological polar surface area (TPSA) is 69.6 Å². The van der Waals surface area contributed by atoms with E-state index in [1.165, 1.54) is 64.2 Å². The van der Waals surface area contributed by atoms with Crippen LogP contribution in [-0.4, -0.2) is 34.9 Å².